The fourth-order valence-corrected chi connectivity index (χ4v) is 5.13. The minimum atomic E-state index is -0.590. The van der Waals surface area contributed by atoms with Crippen molar-refractivity contribution in [1.82, 2.24) is 0 Å². The maximum atomic E-state index is 11.6. The molecule has 5 nitrogen and oxygen atoms in total. The number of esters is 1. The molecule has 7 unspecified atom stereocenters. The third-order valence-corrected chi connectivity index (χ3v) is 6.29. The van der Waals surface area contributed by atoms with Gasteiger partial charge in [-0.05, 0) is 17.8 Å². The lowest BCUT2D eigenvalue weighted by molar-refractivity contribution is -0.142. The molecule has 1 aliphatic heterocycles. The molecule has 108 valence electrons. The lowest BCUT2D eigenvalue weighted by atomic mass is 9.58. The molecular weight excluding hydrogens is 248 g/mol. The van der Waals surface area contributed by atoms with Crippen molar-refractivity contribution in [2.75, 3.05) is 20.3 Å². The molecule has 3 aliphatic rings. The molecule has 7 atom stereocenters. The van der Waals surface area contributed by atoms with Gasteiger partial charge < -0.3 is 19.7 Å². The Morgan fingerprint density at radius 3 is 2.68 bits per heavy atom. The van der Waals surface area contributed by atoms with Crippen LogP contribution in [0, 0.1) is 28.6 Å². The minimum Gasteiger partial charge on any atom is -0.469 e. The van der Waals surface area contributed by atoms with E-state index in [9.17, 15) is 15.0 Å². The fraction of sp³-hybridized carbons (Fsp3) is 0.929. The maximum Gasteiger partial charge on any atom is 0.305 e. The van der Waals surface area contributed by atoms with Crippen molar-refractivity contribution in [1.29, 1.82) is 0 Å². The highest BCUT2D eigenvalue weighted by molar-refractivity contribution is 5.70. The molecule has 2 saturated carbocycles. The van der Waals surface area contributed by atoms with Gasteiger partial charge in [-0.15, -0.1) is 0 Å². The highest BCUT2D eigenvalue weighted by Gasteiger charge is 2.76. The van der Waals surface area contributed by atoms with E-state index in [0.29, 0.717) is 13.0 Å². The van der Waals surface area contributed by atoms with E-state index < -0.39 is 11.5 Å². The smallest absolute Gasteiger partial charge is 0.305 e. The molecule has 2 aliphatic carbocycles. The van der Waals surface area contributed by atoms with E-state index in [1.807, 2.05) is 6.92 Å². The molecule has 5 heteroatoms. The summed E-state index contributed by atoms with van der Waals surface area (Å²) in [5.74, 6) is -0.181. The molecule has 19 heavy (non-hydrogen) atoms. The van der Waals surface area contributed by atoms with Crippen LogP contribution in [-0.4, -0.2) is 48.7 Å². The monoisotopic (exact) mass is 270 g/mol. The number of carbonyl (C=O) groups is 1. The average molecular weight is 270 g/mol. The zero-order chi connectivity index (χ0) is 14.0. The molecule has 0 aromatic rings. The van der Waals surface area contributed by atoms with Crippen LogP contribution in [0.1, 0.15) is 20.3 Å². The van der Waals surface area contributed by atoms with Gasteiger partial charge in [-0.2, -0.15) is 0 Å². The molecule has 0 amide bonds. The molecule has 1 heterocycles. The Morgan fingerprint density at radius 2 is 2.11 bits per heavy atom. The highest BCUT2D eigenvalue weighted by Crippen LogP contribution is 2.72. The van der Waals surface area contributed by atoms with Crippen LogP contribution in [0.15, 0.2) is 0 Å². The van der Waals surface area contributed by atoms with Gasteiger partial charge in [0.15, 0.2) is 0 Å². The van der Waals surface area contributed by atoms with Gasteiger partial charge in [0.1, 0.15) is 0 Å². The lowest BCUT2D eigenvalue weighted by Crippen LogP contribution is -2.51. The van der Waals surface area contributed by atoms with Crippen molar-refractivity contribution in [2.24, 2.45) is 28.6 Å². The van der Waals surface area contributed by atoms with Crippen molar-refractivity contribution in [3.8, 4) is 0 Å². The third kappa shape index (κ3) is 1.33. The number of ether oxygens (including phenoxy) is 2. The number of carbonyl (C=O) groups excluding carboxylic acids is 1. The number of hydrogen-bond donors (Lipinski definition) is 2. The predicted octanol–water partition coefficient (Wildman–Crippen LogP) is 0.190. The van der Waals surface area contributed by atoms with E-state index in [4.69, 9.17) is 9.47 Å². The second-order valence-electron chi connectivity index (χ2n) is 6.75. The first-order valence-electron chi connectivity index (χ1n) is 6.88. The summed E-state index contributed by atoms with van der Waals surface area (Å²) in [6.07, 6.45) is -0.481. The van der Waals surface area contributed by atoms with E-state index in [1.54, 1.807) is 0 Å². The summed E-state index contributed by atoms with van der Waals surface area (Å²) in [4.78, 5) is 11.6. The first-order chi connectivity index (χ1) is 8.90. The summed E-state index contributed by atoms with van der Waals surface area (Å²) in [7, 11) is 1.38. The molecule has 2 bridgehead atoms. The quantitative estimate of drug-likeness (QED) is 0.716. The summed E-state index contributed by atoms with van der Waals surface area (Å²) in [5, 5.41) is 20.3. The number of methoxy groups -OCH3 is 1. The predicted molar refractivity (Wildman–Crippen MR) is 66.1 cm³/mol. The molecule has 1 saturated heterocycles. The van der Waals surface area contributed by atoms with Crippen LogP contribution >= 0.6 is 0 Å². The Labute approximate surface area is 112 Å². The SMILES string of the molecule is COC(=O)CC1C2C(O)C3OCC(C)(C13)C2(C)CO. The van der Waals surface area contributed by atoms with Gasteiger partial charge in [0.05, 0.1) is 25.9 Å². The molecule has 0 spiro atoms. The molecule has 0 aromatic carbocycles. The second-order valence-corrected chi connectivity index (χ2v) is 6.75. The van der Waals surface area contributed by atoms with E-state index >= 15 is 0 Å². The van der Waals surface area contributed by atoms with Gasteiger partial charge in [-0.1, -0.05) is 13.8 Å². The number of aliphatic hydroxyl groups excluding tert-OH is 2. The van der Waals surface area contributed by atoms with Gasteiger partial charge in [0, 0.05) is 23.9 Å². The Balaban J connectivity index is 2.00. The van der Waals surface area contributed by atoms with E-state index in [2.05, 4.69) is 6.92 Å². The van der Waals surface area contributed by atoms with Crippen molar-refractivity contribution < 1.29 is 24.5 Å². The zero-order valence-electron chi connectivity index (χ0n) is 11.6. The molecule has 0 radical (unpaired) electrons. The molecule has 3 rings (SSSR count). The zero-order valence-corrected chi connectivity index (χ0v) is 11.6. The maximum absolute atomic E-state index is 11.6. The average Bonchev–Trinajstić information content (AvgIpc) is 2.91. The van der Waals surface area contributed by atoms with Crippen LogP contribution < -0.4 is 0 Å². The van der Waals surface area contributed by atoms with Crippen LogP contribution in [0.3, 0.4) is 0 Å². The molecule has 0 aromatic heterocycles. The summed E-state index contributed by atoms with van der Waals surface area (Å²) >= 11 is 0. The van der Waals surface area contributed by atoms with Crippen molar-refractivity contribution in [2.45, 2.75) is 32.5 Å². The molecular formula is C14H22O5. The number of rotatable bonds is 3. The Kier molecular flexibility index (Phi) is 2.76. The Hall–Kier alpha value is -0.650. The molecule has 3 fully saturated rings. The van der Waals surface area contributed by atoms with Gasteiger partial charge in [-0.3, -0.25) is 4.79 Å². The van der Waals surface area contributed by atoms with Crippen LogP contribution in [0.25, 0.3) is 0 Å². The molecule has 2 N–H and O–H groups in total. The van der Waals surface area contributed by atoms with E-state index in [-0.39, 0.29) is 41.8 Å². The van der Waals surface area contributed by atoms with Crippen molar-refractivity contribution in [3.63, 3.8) is 0 Å². The van der Waals surface area contributed by atoms with Gasteiger partial charge in [-0.25, -0.2) is 0 Å². The summed E-state index contributed by atoms with van der Waals surface area (Å²) in [6.45, 7) is 4.68. The number of fused-ring (bicyclic) bond motifs is 1. The lowest BCUT2D eigenvalue weighted by Gasteiger charge is -2.46. The number of hydrogen-bond acceptors (Lipinski definition) is 5. The van der Waals surface area contributed by atoms with Crippen LogP contribution in [0.2, 0.25) is 0 Å². The van der Waals surface area contributed by atoms with Gasteiger partial charge in [0.25, 0.3) is 0 Å². The minimum absolute atomic E-state index is 0.00940. The summed E-state index contributed by atoms with van der Waals surface area (Å²) in [5.41, 5.74) is -0.572. The highest BCUT2D eigenvalue weighted by atomic mass is 16.5. The largest absolute Gasteiger partial charge is 0.469 e. The van der Waals surface area contributed by atoms with Crippen LogP contribution in [-0.2, 0) is 14.3 Å². The topological polar surface area (TPSA) is 76.0 Å². The fourth-order valence-electron chi connectivity index (χ4n) is 5.13. The Bertz CT molecular complexity index is 411. The first kappa shape index (κ1) is 13.3. The number of aliphatic hydroxyl groups is 2. The van der Waals surface area contributed by atoms with Crippen molar-refractivity contribution in [3.05, 3.63) is 0 Å². The summed E-state index contributed by atoms with van der Waals surface area (Å²) in [6, 6.07) is 0. The van der Waals surface area contributed by atoms with Gasteiger partial charge >= 0.3 is 5.97 Å². The van der Waals surface area contributed by atoms with Gasteiger partial charge in [0.2, 0.25) is 0 Å². The Morgan fingerprint density at radius 1 is 1.42 bits per heavy atom. The standard InChI is InChI=1S/C14H22O5/c1-13(5-15)9-7(4-8(16)18-3)10-12(11(9)17)19-6-14(10,13)2/h7,9-12,15,17H,4-6H2,1-3H3. The van der Waals surface area contributed by atoms with E-state index in [0.717, 1.165) is 0 Å². The first-order valence-corrected chi connectivity index (χ1v) is 6.88. The third-order valence-electron chi connectivity index (χ3n) is 6.29. The van der Waals surface area contributed by atoms with Crippen LogP contribution in [0.5, 0.6) is 0 Å². The summed E-state index contributed by atoms with van der Waals surface area (Å²) < 4.78 is 10.5. The van der Waals surface area contributed by atoms with Crippen LogP contribution in [0.4, 0.5) is 0 Å². The normalized spacial score (nSPS) is 54.7. The second kappa shape index (κ2) is 3.93. The van der Waals surface area contributed by atoms with Crippen molar-refractivity contribution >= 4 is 5.97 Å². The van der Waals surface area contributed by atoms with E-state index in [1.165, 1.54) is 7.11 Å².